The van der Waals surface area contributed by atoms with Gasteiger partial charge in [-0.3, -0.25) is 14.5 Å². The van der Waals surface area contributed by atoms with Crippen molar-refractivity contribution in [3.05, 3.63) is 112 Å². The van der Waals surface area contributed by atoms with E-state index in [9.17, 15) is 19.5 Å². The molecule has 8 heteroatoms. The number of carbonyl (C=O) groups is 3. The molecule has 0 spiro atoms. The number of hydrogen-bond donors (Lipinski definition) is 1. The molecule has 1 amide bonds. The summed E-state index contributed by atoms with van der Waals surface area (Å²) in [6, 6.07) is 15.9. The number of rotatable bonds is 8. The van der Waals surface area contributed by atoms with Gasteiger partial charge in [0, 0.05) is 0 Å². The Morgan fingerprint density at radius 3 is 2.41 bits per heavy atom. The number of carbonyl (C=O) groups excluding carboxylic acids is 3. The molecular weight excluding hydrogens is 512 g/mol. The van der Waals surface area contributed by atoms with Crippen LogP contribution in [0.2, 0.25) is 0 Å². The second kappa shape index (κ2) is 11.2. The van der Waals surface area contributed by atoms with Crippen LogP contribution in [-0.2, 0) is 19.7 Å². The molecule has 200 valence electrons. The molecule has 0 fully saturated rings. The number of thiazole rings is 1. The maximum atomic E-state index is 13.5. The molecule has 1 aromatic heterocycles. The summed E-state index contributed by atoms with van der Waals surface area (Å²) >= 11 is 0.969. The highest BCUT2D eigenvalue weighted by molar-refractivity contribution is 7.17. The van der Waals surface area contributed by atoms with Crippen LogP contribution >= 0.6 is 11.3 Å². The van der Waals surface area contributed by atoms with E-state index >= 15 is 0 Å². The molecule has 39 heavy (non-hydrogen) atoms. The van der Waals surface area contributed by atoms with Crippen LogP contribution in [0.4, 0.5) is 5.13 Å². The molecule has 0 bridgehead atoms. The van der Waals surface area contributed by atoms with Crippen LogP contribution in [0, 0.1) is 6.92 Å². The van der Waals surface area contributed by atoms with Crippen LogP contribution in [0.5, 0.6) is 0 Å². The lowest BCUT2D eigenvalue weighted by Gasteiger charge is -2.25. The minimum Gasteiger partial charge on any atom is -0.503 e. The van der Waals surface area contributed by atoms with Gasteiger partial charge >= 0.3 is 5.97 Å². The third kappa shape index (κ3) is 5.76. The van der Waals surface area contributed by atoms with Crippen molar-refractivity contribution in [3.8, 4) is 0 Å². The van der Waals surface area contributed by atoms with E-state index in [1.807, 2.05) is 54.6 Å². The van der Waals surface area contributed by atoms with E-state index in [-0.39, 0.29) is 27.6 Å². The number of benzene rings is 2. The lowest BCUT2D eigenvalue weighted by atomic mass is 9.85. The van der Waals surface area contributed by atoms with Gasteiger partial charge < -0.3 is 9.84 Å². The fraction of sp³-hybridized carbons (Fsp3) is 0.226. The van der Waals surface area contributed by atoms with Crippen LogP contribution in [0.15, 0.2) is 84.7 Å². The molecule has 0 aliphatic carbocycles. The molecule has 1 atom stereocenters. The van der Waals surface area contributed by atoms with E-state index in [1.165, 1.54) is 17.1 Å². The molecule has 2 aromatic carbocycles. The van der Waals surface area contributed by atoms with Gasteiger partial charge in [0.25, 0.3) is 5.91 Å². The molecule has 4 rings (SSSR count). The maximum Gasteiger partial charge on any atom is 0.350 e. The molecule has 7 nitrogen and oxygen atoms in total. The Labute approximate surface area is 231 Å². The summed E-state index contributed by atoms with van der Waals surface area (Å²) in [5, 5.41) is 11.2. The highest BCUT2D eigenvalue weighted by Gasteiger charge is 2.45. The van der Waals surface area contributed by atoms with Crippen molar-refractivity contribution in [1.82, 2.24) is 4.98 Å². The summed E-state index contributed by atoms with van der Waals surface area (Å²) in [5.74, 6) is -2.51. The number of anilines is 1. The Bertz CT molecular complexity index is 1480. The topological polar surface area (TPSA) is 96.8 Å². The maximum absolute atomic E-state index is 13.5. The highest BCUT2D eigenvalue weighted by Crippen LogP contribution is 2.43. The minimum atomic E-state index is -0.943. The number of aliphatic hydroxyl groups is 1. The van der Waals surface area contributed by atoms with Gasteiger partial charge in [-0.05, 0) is 35.1 Å². The van der Waals surface area contributed by atoms with Crippen LogP contribution < -0.4 is 4.90 Å². The fourth-order valence-electron chi connectivity index (χ4n) is 4.24. The Hall–Kier alpha value is -4.30. The number of nitrogens with zero attached hydrogens (tertiary/aromatic N) is 2. The summed E-state index contributed by atoms with van der Waals surface area (Å²) < 4.78 is 5.16. The quantitative estimate of drug-likeness (QED) is 0.205. The first-order chi connectivity index (χ1) is 18.5. The van der Waals surface area contributed by atoms with Crippen molar-refractivity contribution in [2.75, 3.05) is 11.5 Å². The smallest absolute Gasteiger partial charge is 0.350 e. The van der Waals surface area contributed by atoms with Gasteiger partial charge in [-0.1, -0.05) is 105 Å². The zero-order chi connectivity index (χ0) is 28.3. The van der Waals surface area contributed by atoms with Gasteiger partial charge in [0.15, 0.2) is 16.7 Å². The van der Waals surface area contributed by atoms with E-state index in [0.717, 1.165) is 22.5 Å². The summed E-state index contributed by atoms with van der Waals surface area (Å²) in [6.45, 7) is 11.5. The molecular formula is C31H30N2O5S. The van der Waals surface area contributed by atoms with Crippen LogP contribution in [0.3, 0.4) is 0 Å². The predicted molar refractivity (Wildman–Crippen MR) is 153 cm³/mol. The van der Waals surface area contributed by atoms with E-state index in [2.05, 4.69) is 32.3 Å². The molecule has 0 saturated carbocycles. The summed E-state index contributed by atoms with van der Waals surface area (Å²) in [5.41, 5.74) is 2.72. The second-order valence-electron chi connectivity index (χ2n) is 10.1. The van der Waals surface area contributed by atoms with Crippen LogP contribution in [-0.4, -0.2) is 34.4 Å². The Morgan fingerprint density at radius 2 is 1.79 bits per heavy atom. The first kappa shape index (κ1) is 27.7. The predicted octanol–water partition coefficient (Wildman–Crippen LogP) is 6.27. The zero-order valence-electron chi connectivity index (χ0n) is 22.3. The molecule has 1 aliphatic heterocycles. The van der Waals surface area contributed by atoms with E-state index in [1.54, 1.807) is 13.0 Å². The SMILES string of the molecule is C=CCOC(=O)c1sc(N2C(=O)C(O)=C(C(=O)C=Cc3ccccc3)C2c2ccc(C(C)(C)C)cc2)nc1C. The highest BCUT2D eigenvalue weighted by atomic mass is 32.1. The first-order valence-corrected chi connectivity index (χ1v) is 13.2. The lowest BCUT2D eigenvalue weighted by Crippen LogP contribution is -2.31. The number of hydrogen-bond acceptors (Lipinski definition) is 7. The third-order valence-electron chi connectivity index (χ3n) is 6.30. The Kier molecular flexibility index (Phi) is 7.97. The van der Waals surface area contributed by atoms with Crippen molar-refractivity contribution < 1.29 is 24.2 Å². The molecule has 1 unspecified atom stereocenters. The fourth-order valence-corrected chi connectivity index (χ4v) is 5.22. The van der Waals surface area contributed by atoms with Crippen molar-refractivity contribution in [2.24, 2.45) is 0 Å². The van der Waals surface area contributed by atoms with Crippen molar-refractivity contribution >= 4 is 40.2 Å². The molecule has 2 heterocycles. The Balaban J connectivity index is 1.79. The minimum absolute atomic E-state index is 0.0334. The number of amides is 1. The van der Waals surface area contributed by atoms with Crippen molar-refractivity contribution in [3.63, 3.8) is 0 Å². The molecule has 0 radical (unpaired) electrons. The van der Waals surface area contributed by atoms with E-state index in [4.69, 9.17) is 4.74 Å². The molecule has 1 N–H and O–H groups in total. The van der Waals surface area contributed by atoms with Gasteiger partial charge in [0.1, 0.15) is 11.5 Å². The van der Waals surface area contributed by atoms with E-state index < -0.39 is 29.5 Å². The van der Waals surface area contributed by atoms with E-state index in [0.29, 0.717) is 11.3 Å². The first-order valence-electron chi connectivity index (χ1n) is 12.4. The average molecular weight is 543 g/mol. The number of ketones is 1. The summed E-state index contributed by atoms with van der Waals surface area (Å²) in [7, 11) is 0. The number of allylic oxidation sites excluding steroid dienone is 1. The van der Waals surface area contributed by atoms with Crippen LogP contribution in [0.25, 0.3) is 6.08 Å². The second-order valence-corrected chi connectivity index (χ2v) is 11.1. The van der Waals surface area contributed by atoms with Crippen molar-refractivity contribution in [2.45, 2.75) is 39.2 Å². The standard InChI is InChI=1S/C31H30N2O5S/c1-6-18-38-29(37)27-19(2)32-30(39-27)33-25(21-13-15-22(16-14-21)31(3,4)5)24(26(35)28(33)36)23(34)17-12-20-10-8-7-9-11-20/h6-17,25,35H,1,18H2,2-5H3. The van der Waals surface area contributed by atoms with Gasteiger partial charge in [0.05, 0.1) is 17.3 Å². The monoisotopic (exact) mass is 542 g/mol. The molecule has 1 aliphatic rings. The number of aliphatic hydroxyl groups excluding tert-OH is 1. The molecule has 0 saturated heterocycles. The lowest BCUT2D eigenvalue weighted by molar-refractivity contribution is -0.117. The number of ether oxygens (including phenoxy) is 1. The van der Waals surface area contributed by atoms with Crippen molar-refractivity contribution in [1.29, 1.82) is 0 Å². The van der Waals surface area contributed by atoms with Gasteiger partial charge in [-0.2, -0.15) is 0 Å². The van der Waals surface area contributed by atoms with Crippen LogP contribution in [0.1, 0.15) is 58.9 Å². The number of esters is 1. The summed E-state index contributed by atoms with van der Waals surface area (Å²) in [4.78, 5) is 45.4. The number of aryl methyl sites for hydroxylation is 1. The van der Waals surface area contributed by atoms with Gasteiger partial charge in [-0.25, -0.2) is 9.78 Å². The van der Waals surface area contributed by atoms with Gasteiger partial charge in [0.2, 0.25) is 0 Å². The number of aromatic nitrogens is 1. The summed E-state index contributed by atoms with van der Waals surface area (Å²) in [6.07, 6.45) is 4.44. The van der Waals surface area contributed by atoms with Gasteiger partial charge in [-0.15, -0.1) is 0 Å². The third-order valence-corrected chi connectivity index (χ3v) is 7.44. The molecule has 3 aromatic rings. The Morgan fingerprint density at radius 1 is 1.13 bits per heavy atom. The zero-order valence-corrected chi connectivity index (χ0v) is 23.1. The normalized spacial score (nSPS) is 15.7. The average Bonchev–Trinajstić information content (AvgIpc) is 3.42. The largest absolute Gasteiger partial charge is 0.503 e.